The number of thiocarbonyl (C=S) groups is 1. The van der Waals surface area contributed by atoms with Gasteiger partial charge in [0.05, 0.1) is 0 Å². The largest absolute Gasteiger partial charge is 0.342 e. The summed E-state index contributed by atoms with van der Waals surface area (Å²) in [4.78, 5) is 2.25. The maximum Gasteiger partial charge on any atom is 0.0410 e. The quantitative estimate of drug-likeness (QED) is 0.428. The van der Waals surface area contributed by atoms with Gasteiger partial charge in [0.25, 0.3) is 0 Å². The van der Waals surface area contributed by atoms with E-state index in [0.29, 0.717) is 0 Å². The Kier molecular flexibility index (Phi) is 5.51. The molecule has 0 bridgehead atoms. The summed E-state index contributed by atoms with van der Waals surface area (Å²) in [6.07, 6.45) is 6.01. The molecule has 0 aliphatic heterocycles. The second-order valence-corrected chi connectivity index (χ2v) is 3.56. The zero-order valence-electron chi connectivity index (χ0n) is 9.76. The molecule has 16 heavy (non-hydrogen) atoms. The summed E-state index contributed by atoms with van der Waals surface area (Å²) in [7, 11) is 0. The lowest BCUT2D eigenvalue weighted by atomic mass is 10.2. The number of hydrogen-bond donors (Lipinski definition) is 0. The smallest absolute Gasteiger partial charge is 0.0410 e. The van der Waals surface area contributed by atoms with Crippen molar-refractivity contribution in [1.82, 2.24) is 0 Å². The Bertz CT molecular complexity index is 379. The van der Waals surface area contributed by atoms with Crippen LogP contribution in [0.15, 0.2) is 54.3 Å². The van der Waals surface area contributed by atoms with Crippen LogP contribution in [0.5, 0.6) is 0 Å². The summed E-state index contributed by atoms with van der Waals surface area (Å²) in [6.45, 7) is 5.11. The Hall–Kier alpha value is -1.41. The first-order valence-corrected chi connectivity index (χ1v) is 5.91. The molecular weight excluding hydrogens is 214 g/mol. The van der Waals surface area contributed by atoms with E-state index in [0.717, 1.165) is 12.2 Å². The van der Waals surface area contributed by atoms with Gasteiger partial charge in [0.1, 0.15) is 0 Å². The van der Waals surface area contributed by atoms with Crippen LogP contribution in [0.25, 0.3) is 0 Å². The highest BCUT2D eigenvalue weighted by Crippen LogP contribution is 2.18. The second kappa shape index (κ2) is 6.96. The summed E-state index contributed by atoms with van der Waals surface area (Å²) in [6, 6.07) is 10.3. The van der Waals surface area contributed by atoms with E-state index in [1.165, 1.54) is 5.69 Å². The lowest BCUT2D eigenvalue weighted by Gasteiger charge is -2.24. The van der Waals surface area contributed by atoms with Crippen LogP contribution in [0.3, 0.4) is 0 Å². The Morgan fingerprint density at radius 2 is 2.00 bits per heavy atom. The first-order chi connectivity index (χ1) is 7.83. The highest BCUT2D eigenvalue weighted by Gasteiger charge is 2.05. The Labute approximate surface area is 103 Å². The number of nitrogens with zero attached hydrogens (tertiary/aromatic N) is 1. The third-order valence-corrected chi connectivity index (χ3v) is 2.49. The van der Waals surface area contributed by atoms with Gasteiger partial charge in [-0.1, -0.05) is 36.5 Å². The Morgan fingerprint density at radius 1 is 1.31 bits per heavy atom. The Balaban J connectivity index is 2.97. The monoisotopic (exact) mass is 231 g/mol. The average Bonchev–Trinajstić information content (AvgIpc) is 2.35. The molecule has 0 atom stereocenters. The van der Waals surface area contributed by atoms with E-state index < -0.39 is 0 Å². The maximum atomic E-state index is 4.80. The number of hydrogen-bond acceptors (Lipinski definition) is 2. The lowest BCUT2D eigenvalue weighted by molar-refractivity contribution is 0.976. The van der Waals surface area contributed by atoms with Gasteiger partial charge in [0.15, 0.2) is 0 Å². The lowest BCUT2D eigenvalue weighted by Crippen LogP contribution is -2.20. The second-order valence-electron chi connectivity index (χ2n) is 3.29. The zero-order chi connectivity index (χ0) is 11.8. The van der Waals surface area contributed by atoms with Crippen molar-refractivity contribution in [3.8, 4) is 0 Å². The van der Waals surface area contributed by atoms with E-state index in [1.807, 2.05) is 37.3 Å². The fourth-order valence-corrected chi connectivity index (χ4v) is 1.68. The van der Waals surface area contributed by atoms with Gasteiger partial charge in [0, 0.05) is 23.3 Å². The standard InChI is InChI=1S/C14H17NS/c1-3-13(11-8-12-16)15(4-2)14-9-6-5-7-10-14/h3,5-12H,4H2,1-2H3/b11-8-,13-3+. The first kappa shape index (κ1) is 12.7. The van der Waals surface area contributed by atoms with Gasteiger partial charge >= 0.3 is 0 Å². The molecule has 0 saturated carbocycles. The summed E-state index contributed by atoms with van der Waals surface area (Å²) >= 11 is 4.80. The molecule has 0 N–H and O–H groups in total. The van der Waals surface area contributed by atoms with E-state index in [9.17, 15) is 0 Å². The van der Waals surface area contributed by atoms with Crippen molar-refractivity contribution >= 4 is 23.3 Å². The third-order valence-electron chi connectivity index (χ3n) is 2.34. The van der Waals surface area contributed by atoms with Gasteiger partial charge in [-0.3, -0.25) is 0 Å². The van der Waals surface area contributed by atoms with E-state index in [2.05, 4.69) is 30.0 Å². The topological polar surface area (TPSA) is 3.24 Å². The minimum Gasteiger partial charge on any atom is -0.342 e. The molecule has 0 aliphatic rings. The van der Waals surface area contributed by atoms with Crippen LogP contribution in [0.4, 0.5) is 5.69 Å². The molecule has 0 saturated heterocycles. The van der Waals surface area contributed by atoms with E-state index >= 15 is 0 Å². The number of likely N-dealkylation sites (N-methyl/N-ethyl adjacent to an activating group) is 1. The SMILES string of the molecule is C/C=C(\C=C/C=S)N(CC)c1ccccc1. The van der Waals surface area contributed by atoms with Gasteiger partial charge in [-0.05, 0) is 38.1 Å². The maximum absolute atomic E-state index is 4.80. The van der Waals surface area contributed by atoms with E-state index in [1.54, 1.807) is 5.37 Å². The van der Waals surface area contributed by atoms with Crippen LogP contribution in [0.1, 0.15) is 13.8 Å². The van der Waals surface area contributed by atoms with Crippen molar-refractivity contribution in [3.05, 3.63) is 54.3 Å². The number of allylic oxidation sites excluding steroid dienone is 3. The molecule has 0 fully saturated rings. The summed E-state index contributed by atoms with van der Waals surface area (Å²) < 4.78 is 0. The van der Waals surface area contributed by atoms with Crippen molar-refractivity contribution in [2.24, 2.45) is 0 Å². The van der Waals surface area contributed by atoms with Gasteiger partial charge in [0.2, 0.25) is 0 Å². The molecule has 0 amide bonds. The predicted octanol–water partition coefficient (Wildman–Crippen LogP) is 3.97. The van der Waals surface area contributed by atoms with Crippen molar-refractivity contribution < 1.29 is 0 Å². The minimum absolute atomic E-state index is 0.936. The normalized spacial score (nSPS) is 11.8. The molecule has 84 valence electrons. The van der Waals surface area contributed by atoms with E-state index in [-0.39, 0.29) is 0 Å². The number of benzene rings is 1. The molecule has 0 unspecified atom stereocenters. The molecular formula is C14H17NS. The molecule has 0 spiro atoms. The molecule has 1 nitrogen and oxygen atoms in total. The Morgan fingerprint density at radius 3 is 2.50 bits per heavy atom. The minimum atomic E-state index is 0.936. The van der Waals surface area contributed by atoms with Gasteiger partial charge in [-0.2, -0.15) is 0 Å². The molecule has 1 aromatic rings. The summed E-state index contributed by atoms with van der Waals surface area (Å²) in [5, 5.41) is 1.63. The number of anilines is 1. The first-order valence-electron chi connectivity index (χ1n) is 5.44. The zero-order valence-corrected chi connectivity index (χ0v) is 10.6. The van der Waals surface area contributed by atoms with Crippen molar-refractivity contribution in [2.75, 3.05) is 11.4 Å². The van der Waals surface area contributed by atoms with Gasteiger partial charge < -0.3 is 4.90 Å². The van der Waals surface area contributed by atoms with Crippen molar-refractivity contribution in [2.45, 2.75) is 13.8 Å². The van der Waals surface area contributed by atoms with Crippen LogP contribution in [0.2, 0.25) is 0 Å². The fourth-order valence-electron chi connectivity index (χ4n) is 1.60. The predicted molar refractivity (Wildman–Crippen MR) is 76.0 cm³/mol. The van der Waals surface area contributed by atoms with Crippen LogP contribution in [-0.4, -0.2) is 11.9 Å². The van der Waals surface area contributed by atoms with Crippen LogP contribution >= 0.6 is 12.2 Å². The average molecular weight is 231 g/mol. The van der Waals surface area contributed by atoms with Crippen molar-refractivity contribution in [3.63, 3.8) is 0 Å². The van der Waals surface area contributed by atoms with Crippen LogP contribution in [0, 0.1) is 0 Å². The third kappa shape index (κ3) is 3.31. The molecule has 0 radical (unpaired) electrons. The van der Waals surface area contributed by atoms with Crippen molar-refractivity contribution in [1.29, 1.82) is 0 Å². The molecule has 1 aromatic carbocycles. The fraction of sp³-hybridized carbons (Fsp3) is 0.214. The molecule has 0 heterocycles. The molecule has 2 heteroatoms. The summed E-state index contributed by atoms with van der Waals surface area (Å²) in [5.74, 6) is 0. The van der Waals surface area contributed by atoms with Gasteiger partial charge in [-0.15, -0.1) is 0 Å². The highest BCUT2D eigenvalue weighted by molar-refractivity contribution is 7.79. The number of rotatable bonds is 5. The molecule has 0 aliphatic carbocycles. The molecule has 1 rings (SSSR count). The highest BCUT2D eigenvalue weighted by atomic mass is 32.1. The van der Waals surface area contributed by atoms with Crippen LogP contribution in [-0.2, 0) is 0 Å². The van der Waals surface area contributed by atoms with Crippen LogP contribution < -0.4 is 4.90 Å². The molecule has 0 aromatic heterocycles. The number of para-hydroxylation sites is 1. The van der Waals surface area contributed by atoms with Gasteiger partial charge in [-0.25, -0.2) is 0 Å². The van der Waals surface area contributed by atoms with E-state index in [4.69, 9.17) is 12.2 Å². The summed E-state index contributed by atoms with van der Waals surface area (Å²) in [5.41, 5.74) is 2.36.